The van der Waals surface area contributed by atoms with Crippen LogP contribution in [0, 0.1) is 0 Å². The molecule has 1 aromatic carbocycles. The van der Waals surface area contributed by atoms with Crippen LogP contribution in [-0.2, 0) is 11.3 Å². The van der Waals surface area contributed by atoms with Crippen LogP contribution in [0.2, 0.25) is 0 Å². The number of pyridine rings is 1. The summed E-state index contributed by atoms with van der Waals surface area (Å²) < 4.78 is 11.1. The molecule has 2 fully saturated rings. The Bertz CT molecular complexity index is 1500. The maximum absolute atomic E-state index is 9.85. The van der Waals surface area contributed by atoms with Gasteiger partial charge in [-0.1, -0.05) is 0 Å². The van der Waals surface area contributed by atoms with Crippen LogP contribution in [-0.4, -0.2) is 89.1 Å². The number of hydrogen-bond acceptors (Lipinski definition) is 11. The summed E-state index contributed by atoms with van der Waals surface area (Å²) in [6.07, 6.45) is 5.47. The first kappa shape index (κ1) is 27.1. The summed E-state index contributed by atoms with van der Waals surface area (Å²) in [6, 6.07) is 12.1. The predicted molar refractivity (Wildman–Crippen MR) is 159 cm³/mol. The van der Waals surface area contributed by atoms with Gasteiger partial charge in [0.25, 0.3) is 0 Å². The van der Waals surface area contributed by atoms with Gasteiger partial charge in [0.2, 0.25) is 11.9 Å². The second-order valence-corrected chi connectivity index (χ2v) is 10.6. The molecule has 0 saturated carbocycles. The molecule has 2 aliphatic heterocycles. The number of piperidine rings is 1. The zero-order chi connectivity index (χ0) is 28.3. The number of aliphatic hydroxyl groups excluding tert-OH is 1. The molecule has 2 saturated heterocycles. The van der Waals surface area contributed by atoms with Crippen LogP contribution < -0.4 is 19.4 Å². The molecule has 11 nitrogen and oxygen atoms in total. The van der Waals surface area contributed by atoms with E-state index in [0.29, 0.717) is 36.1 Å². The molecule has 0 aliphatic carbocycles. The first-order chi connectivity index (χ1) is 20.1. The Morgan fingerprint density at radius 1 is 1.05 bits per heavy atom. The van der Waals surface area contributed by atoms with Gasteiger partial charge in [-0.15, -0.1) is 0 Å². The van der Waals surface area contributed by atoms with E-state index in [1.807, 2.05) is 30.3 Å². The van der Waals surface area contributed by atoms with E-state index >= 15 is 0 Å². The van der Waals surface area contributed by atoms with Gasteiger partial charge in [-0.3, -0.25) is 0 Å². The van der Waals surface area contributed by atoms with Gasteiger partial charge in [-0.2, -0.15) is 9.97 Å². The van der Waals surface area contributed by atoms with Crippen LogP contribution in [0.25, 0.3) is 22.3 Å². The lowest BCUT2D eigenvalue weighted by Crippen LogP contribution is -2.46. The summed E-state index contributed by atoms with van der Waals surface area (Å²) in [6.45, 7) is 5.84. The van der Waals surface area contributed by atoms with Crippen molar-refractivity contribution in [3.63, 3.8) is 0 Å². The van der Waals surface area contributed by atoms with Crippen LogP contribution in [0.5, 0.6) is 5.75 Å². The van der Waals surface area contributed by atoms with E-state index in [0.717, 1.165) is 60.9 Å². The average molecular weight is 557 g/mol. The number of methoxy groups -OCH3 is 1. The van der Waals surface area contributed by atoms with E-state index in [-0.39, 0.29) is 18.7 Å². The minimum atomic E-state index is -0.115. The Kier molecular flexibility index (Phi) is 7.80. The van der Waals surface area contributed by atoms with Crippen LogP contribution >= 0.6 is 0 Å². The molecule has 0 unspecified atom stereocenters. The monoisotopic (exact) mass is 556 g/mol. The summed E-state index contributed by atoms with van der Waals surface area (Å²) in [5.74, 6) is 2.97. The highest BCUT2D eigenvalue weighted by molar-refractivity contribution is 5.90. The molecule has 4 aromatic rings. The van der Waals surface area contributed by atoms with Crippen molar-refractivity contribution >= 4 is 28.7 Å². The molecule has 1 atom stereocenters. The van der Waals surface area contributed by atoms with Crippen molar-refractivity contribution in [3.8, 4) is 17.0 Å². The maximum Gasteiger partial charge on any atom is 0.229 e. The molecule has 41 heavy (non-hydrogen) atoms. The first-order valence-electron chi connectivity index (χ1n) is 14.1. The Hall–Kier alpha value is -4.09. The first-order valence-corrected chi connectivity index (χ1v) is 14.1. The quantitative estimate of drug-likeness (QED) is 0.362. The third-order valence-electron chi connectivity index (χ3n) is 8.08. The Balaban J connectivity index is 1.35. The topological polar surface area (TPSA) is 113 Å². The van der Waals surface area contributed by atoms with Gasteiger partial charge in [-0.25, -0.2) is 15.0 Å². The molecule has 0 bridgehead atoms. The highest BCUT2D eigenvalue weighted by Crippen LogP contribution is 2.33. The largest absolute Gasteiger partial charge is 0.496 e. The van der Waals surface area contributed by atoms with Crippen LogP contribution in [0.15, 0.2) is 48.8 Å². The predicted octanol–water partition coefficient (Wildman–Crippen LogP) is 3.31. The number of morpholine rings is 1. The Morgan fingerprint density at radius 2 is 1.85 bits per heavy atom. The maximum atomic E-state index is 9.85. The van der Waals surface area contributed by atoms with Crippen LogP contribution in [0.1, 0.15) is 25.3 Å². The van der Waals surface area contributed by atoms with Crippen LogP contribution in [0.4, 0.5) is 17.7 Å². The fourth-order valence-corrected chi connectivity index (χ4v) is 5.69. The van der Waals surface area contributed by atoms with Crippen LogP contribution in [0.3, 0.4) is 0 Å². The average Bonchev–Trinajstić information content (AvgIpc) is 3.04. The summed E-state index contributed by atoms with van der Waals surface area (Å²) >= 11 is 0. The zero-order valence-electron chi connectivity index (χ0n) is 23.8. The number of anilines is 3. The summed E-state index contributed by atoms with van der Waals surface area (Å²) in [5.41, 5.74) is 3.02. The number of benzene rings is 1. The molecule has 3 aromatic heterocycles. The molecule has 0 radical (unpaired) electrons. The van der Waals surface area contributed by atoms with Crippen molar-refractivity contribution in [2.24, 2.45) is 0 Å². The second-order valence-electron chi connectivity index (χ2n) is 10.6. The molecule has 0 amide bonds. The smallest absolute Gasteiger partial charge is 0.229 e. The number of aromatic nitrogens is 5. The standard InChI is InChI=1S/C30H36N8O3/c1-20-19-41-16-15-38(20)28-24-6-7-25(21-5-8-26(40-3)22(17-21)18-39)33-27(24)34-30(35-28)36(2)23-9-13-37(14-10-23)29-31-11-4-12-32-29/h4-8,11-12,17,20,23,39H,9-10,13-16,18-19H2,1-3H3/t20-/m0/s1. The molecule has 6 rings (SSSR count). The SMILES string of the molecule is COc1ccc(-c2ccc3c(N4CCOC[C@@H]4C)nc(N(C)C4CCN(c5ncccn5)CC4)nc3n2)cc1CO. The van der Waals surface area contributed by atoms with E-state index in [9.17, 15) is 5.11 Å². The van der Waals surface area contributed by atoms with Gasteiger partial charge in [0, 0.05) is 56.2 Å². The molecule has 2 aliphatic rings. The van der Waals surface area contributed by atoms with E-state index < -0.39 is 0 Å². The number of fused-ring (bicyclic) bond motifs is 1. The second kappa shape index (κ2) is 11.8. The molecular formula is C30H36N8O3. The third-order valence-corrected chi connectivity index (χ3v) is 8.08. The summed E-state index contributed by atoms with van der Waals surface area (Å²) in [5, 5.41) is 10.8. The van der Waals surface area contributed by atoms with Crippen molar-refractivity contribution in [3.05, 3.63) is 54.4 Å². The highest BCUT2D eigenvalue weighted by atomic mass is 16.5. The highest BCUT2D eigenvalue weighted by Gasteiger charge is 2.28. The Labute approximate surface area is 239 Å². The minimum Gasteiger partial charge on any atom is -0.496 e. The molecule has 214 valence electrons. The normalized spacial score (nSPS) is 18.1. The fourth-order valence-electron chi connectivity index (χ4n) is 5.69. The molecule has 1 N–H and O–H groups in total. The van der Waals surface area contributed by atoms with Gasteiger partial charge < -0.3 is 29.3 Å². The number of ether oxygens (including phenoxy) is 2. The van der Waals surface area contributed by atoms with Crippen molar-refractivity contribution in [1.29, 1.82) is 0 Å². The lowest BCUT2D eigenvalue weighted by molar-refractivity contribution is 0.0987. The number of nitrogens with zero attached hydrogens (tertiary/aromatic N) is 8. The van der Waals surface area contributed by atoms with Gasteiger partial charge in [0.15, 0.2) is 5.65 Å². The molecule has 11 heteroatoms. The summed E-state index contributed by atoms with van der Waals surface area (Å²) in [7, 11) is 3.68. The lowest BCUT2D eigenvalue weighted by Gasteiger charge is -2.38. The van der Waals surface area contributed by atoms with Crippen molar-refractivity contribution in [1.82, 2.24) is 24.9 Å². The molecule has 5 heterocycles. The van der Waals surface area contributed by atoms with E-state index in [1.54, 1.807) is 19.5 Å². The minimum absolute atomic E-state index is 0.115. The number of rotatable bonds is 7. The Morgan fingerprint density at radius 3 is 2.59 bits per heavy atom. The molecule has 0 spiro atoms. The van der Waals surface area contributed by atoms with E-state index in [1.165, 1.54) is 0 Å². The number of hydrogen-bond donors (Lipinski definition) is 1. The van der Waals surface area contributed by atoms with Gasteiger partial charge in [0.1, 0.15) is 11.6 Å². The van der Waals surface area contributed by atoms with E-state index in [2.05, 4.69) is 44.7 Å². The van der Waals surface area contributed by atoms with Gasteiger partial charge in [0.05, 0.1) is 44.1 Å². The lowest BCUT2D eigenvalue weighted by atomic mass is 10.0. The third kappa shape index (κ3) is 5.47. The zero-order valence-corrected chi connectivity index (χ0v) is 23.8. The van der Waals surface area contributed by atoms with Crippen molar-refractivity contribution in [2.75, 3.05) is 61.7 Å². The van der Waals surface area contributed by atoms with Gasteiger partial charge in [-0.05, 0) is 56.2 Å². The van der Waals surface area contributed by atoms with Crippen molar-refractivity contribution < 1.29 is 14.6 Å². The fraction of sp³-hybridized carbons (Fsp3) is 0.433. The van der Waals surface area contributed by atoms with E-state index in [4.69, 9.17) is 24.4 Å². The summed E-state index contributed by atoms with van der Waals surface area (Å²) in [4.78, 5) is 30.7. The van der Waals surface area contributed by atoms with Crippen molar-refractivity contribution in [2.45, 2.75) is 38.5 Å². The number of aliphatic hydroxyl groups is 1. The molecular weight excluding hydrogens is 520 g/mol. The van der Waals surface area contributed by atoms with Gasteiger partial charge >= 0.3 is 0 Å².